The van der Waals surface area contributed by atoms with E-state index < -0.39 is 77.7 Å². The molecule has 0 aromatic heterocycles. The SMILES string of the molecule is C=C(C(=O)O)C(F)(F)C(F)(F)C(F)(F)C(F)(F)C(F)(F)C(F)(F)C(F)(F)C(F)(F)C(F)(F)C(C)(F)F. The van der Waals surface area contributed by atoms with Crippen molar-refractivity contribution in [3.8, 4) is 0 Å². The van der Waals surface area contributed by atoms with Crippen LogP contribution >= 0.6 is 0 Å². The maximum atomic E-state index is 13.5. The van der Waals surface area contributed by atoms with Crippen LogP contribution < -0.4 is 0 Å². The lowest BCUT2D eigenvalue weighted by atomic mass is 9.84. The van der Waals surface area contributed by atoms with Crippen LogP contribution in [0.25, 0.3) is 0 Å². The summed E-state index contributed by atoms with van der Waals surface area (Å²) < 4.78 is 266. The lowest BCUT2D eigenvalue weighted by Gasteiger charge is -2.44. The first-order chi connectivity index (χ1) is 15.1. The molecule has 0 fully saturated rings. The summed E-state index contributed by atoms with van der Waals surface area (Å²) in [6, 6.07) is 0. The number of rotatable bonds is 11. The van der Waals surface area contributed by atoms with E-state index in [0.717, 1.165) is 0 Å². The number of carboxylic acids is 1. The number of carbonyl (C=O) groups is 1. The van der Waals surface area contributed by atoms with Crippen LogP contribution in [0.5, 0.6) is 0 Å². The van der Waals surface area contributed by atoms with Crippen LogP contribution in [0.3, 0.4) is 0 Å². The second-order valence-electron chi connectivity index (χ2n) is 6.84. The molecule has 36 heavy (non-hydrogen) atoms. The molecule has 0 rings (SSSR count). The molecule has 0 aliphatic heterocycles. The molecule has 0 aromatic rings. The third kappa shape index (κ3) is 3.83. The van der Waals surface area contributed by atoms with Crippen LogP contribution in [0.4, 0.5) is 87.8 Å². The van der Waals surface area contributed by atoms with Crippen molar-refractivity contribution in [3.05, 3.63) is 12.2 Å². The Kier molecular flexibility index (Phi) is 7.66. The van der Waals surface area contributed by atoms with Crippen molar-refractivity contribution in [2.45, 2.75) is 66.1 Å². The van der Waals surface area contributed by atoms with E-state index in [1.807, 2.05) is 0 Å². The van der Waals surface area contributed by atoms with E-state index in [1.54, 1.807) is 0 Å². The molecular formula is C14H6F20O2. The van der Waals surface area contributed by atoms with Gasteiger partial charge in [-0.05, 0) is 0 Å². The Morgan fingerprint density at radius 2 is 0.667 bits per heavy atom. The zero-order valence-electron chi connectivity index (χ0n) is 16.1. The van der Waals surface area contributed by atoms with Crippen LogP contribution in [0.2, 0.25) is 0 Å². The van der Waals surface area contributed by atoms with Crippen LogP contribution in [-0.2, 0) is 4.79 Å². The van der Waals surface area contributed by atoms with Gasteiger partial charge < -0.3 is 5.11 Å². The zero-order chi connectivity index (χ0) is 30.2. The summed E-state index contributed by atoms with van der Waals surface area (Å²) >= 11 is 0. The molecule has 0 amide bonds. The average Bonchev–Trinajstić information content (AvgIpc) is 2.64. The Morgan fingerprint density at radius 3 is 0.861 bits per heavy atom. The average molecular weight is 586 g/mol. The highest BCUT2D eigenvalue weighted by Crippen LogP contribution is 2.66. The van der Waals surface area contributed by atoms with E-state index in [2.05, 4.69) is 0 Å². The van der Waals surface area contributed by atoms with Crippen LogP contribution in [0.1, 0.15) is 6.92 Å². The Bertz CT molecular complexity index is 879. The summed E-state index contributed by atoms with van der Waals surface area (Å²) in [5.41, 5.74) is -3.50. The van der Waals surface area contributed by atoms with Gasteiger partial charge in [-0.1, -0.05) is 6.58 Å². The molecule has 0 saturated heterocycles. The van der Waals surface area contributed by atoms with Gasteiger partial charge in [0.25, 0.3) is 0 Å². The number of hydrogen-bond donors (Lipinski definition) is 1. The van der Waals surface area contributed by atoms with Crippen molar-refractivity contribution in [2.75, 3.05) is 0 Å². The lowest BCUT2D eigenvalue weighted by molar-refractivity contribution is -0.467. The van der Waals surface area contributed by atoms with E-state index in [-0.39, 0.29) is 0 Å². The van der Waals surface area contributed by atoms with Gasteiger partial charge in [-0.3, -0.25) is 0 Å². The van der Waals surface area contributed by atoms with E-state index in [9.17, 15) is 92.6 Å². The molecule has 0 aliphatic rings. The summed E-state index contributed by atoms with van der Waals surface area (Å²) in [4.78, 5) is 10.2. The first kappa shape index (κ1) is 33.8. The lowest BCUT2D eigenvalue weighted by Crippen LogP contribution is -2.77. The minimum Gasteiger partial charge on any atom is -0.478 e. The smallest absolute Gasteiger partial charge is 0.385 e. The Labute approximate surface area is 183 Å². The summed E-state index contributed by atoms with van der Waals surface area (Å²) in [7, 11) is 0. The zero-order valence-corrected chi connectivity index (χ0v) is 16.1. The van der Waals surface area contributed by atoms with Gasteiger partial charge in [-0.15, -0.1) is 0 Å². The molecule has 22 heteroatoms. The molecule has 0 aromatic carbocycles. The molecule has 0 aliphatic carbocycles. The van der Waals surface area contributed by atoms with Crippen LogP contribution in [-0.4, -0.2) is 70.3 Å². The Hall–Kier alpha value is -2.19. The Balaban J connectivity index is 7.17. The van der Waals surface area contributed by atoms with E-state index in [0.29, 0.717) is 0 Å². The number of alkyl halides is 20. The minimum atomic E-state index is -9.15. The molecule has 0 atom stereocenters. The predicted octanol–water partition coefficient (Wildman–Crippen LogP) is 7.00. The van der Waals surface area contributed by atoms with Gasteiger partial charge in [-0.2, -0.15) is 87.8 Å². The Morgan fingerprint density at radius 1 is 0.472 bits per heavy atom. The van der Waals surface area contributed by atoms with Crippen LogP contribution in [0.15, 0.2) is 12.2 Å². The van der Waals surface area contributed by atoms with Crippen molar-refractivity contribution in [2.24, 2.45) is 0 Å². The number of hydrogen-bond acceptors (Lipinski definition) is 1. The number of carboxylic acid groups (broad SMARTS) is 1. The first-order valence-corrected chi connectivity index (χ1v) is 7.81. The normalized spacial score (nSPS) is 16.2. The highest BCUT2D eigenvalue weighted by atomic mass is 19.4. The van der Waals surface area contributed by atoms with Gasteiger partial charge in [-0.25, -0.2) is 4.79 Å². The van der Waals surface area contributed by atoms with Gasteiger partial charge in [0.05, 0.1) is 0 Å². The fourth-order valence-corrected chi connectivity index (χ4v) is 1.98. The molecule has 0 bridgehead atoms. The molecule has 0 heterocycles. The summed E-state index contributed by atoms with van der Waals surface area (Å²) in [6.07, 6.45) is 0. The van der Waals surface area contributed by atoms with Gasteiger partial charge in [0.2, 0.25) is 0 Å². The molecule has 0 saturated carbocycles. The highest BCUT2D eigenvalue weighted by Gasteiger charge is 2.97. The molecule has 214 valence electrons. The minimum absolute atomic E-state index is 1.41. The molecule has 1 N–H and O–H groups in total. The quantitative estimate of drug-likeness (QED) is 0.209. The standard InChI is InChI=1S/C14H6F20O2/c1-3(4(35)36)6(17,18)8(21,22)10(25,26)12(29,30)14(33,34)13(31,32)11(27,28)9(23,24)7(19,20)5(2,15)16/h1H2,2H3,(H,35,36). The highest BCUT2D eigenvalue weighted by molar-refractivity contribution is 5.88. The van der Waals surface area contributed by atoms with Crippen LogP contribution in [0, 0.1) is 0 Å². The fourth-order valence-electron chi connectivity index (χ4n) is 1.98. The van der Waals surface area contributed by atoms with Crippen molar-refractivity contribution >= 4 is 5.97 Å². The molecular weight excluding hydrogens is 580 g/mol. The fraction of sp³-hybridized carbons (Fsp3) is 0.786. The molecule has 0 spiro atoms. The van der Waals surface area contributed by atoms with E-state index >= 15 is 0 Å². The monoisotopic (exact) mass is 586 g/mol. The van der Waals surface area contributed by atoms with Crippen molar-refractivity contribution < 1.29 is 97.7 Å². The summed E-state index contributed by atoms with van der Waals surface area (Å²) in [6.45, 7) is 0.0945. The van der Waals surface area contributed by atoms with Gasteiger partial charge in [0, 0.05) is 6.92 Å². The second kappa shape index (κ2) is 8.15. The number of aliphatic carboxylic acids is 1. The van der Waals surface area contributed by atoms with Crippen molar-refractivity contribution in [3.63, 3.8) is 0 Å². The topological polar surface area (TPSA) is 37.3 Å². The molecule has 2 nitrogen and oxygen atoms in total. The van der Waals surface area contributed by atoms with Gasteiger partial charge in [0.15, 0.2) is 0 Å². The van der Waals surface area contributed by atoms with Crippen molar-refractivity contribution in [1.82, 2.24) is 0 Å². The third-order valence-corrected chi connectivity index (χ3v) is 4.34. The maximum absolute atomic E-state index is 13.5. The second-order valence-corrected chi connectivity index (χ2v) is 6.84. The maximum Gasteiger partial charge on any atom is 0.385 e. The van der Waals surface area contributed by atoms with Crippen molar-refractivity contribution in [1.29, 1.82) is 0 Å². The van der Waals surface area contributed by atoms with E-state index in [4.69, 9.17) is 5.11 Å². The van der Waals surface area contributed by atoms with Gasteiger partial charge >= 0.3 is 65.2 Å². The predicted molar refractivity (Wildman–Crippen MR) is 71.9 cm³/mol. The van der Waals surface area contributed by atoms with Gasteiger partial charge in [0.1, 0.15) is 5.57 Å². The number of halogens is 20. The summed E-state index contributed by atoms with van der Waals surface area (Å²) in [5, 5.41) is 8.05. The largest absolute Gasteiger partial charge is 0.478 e. The van der Waals surface area contributed by atoms with E-state index in [1.165, 1.54) is 6.58 Å². The molecule has 0 unspecified atom stereocenters. The summed E-state index contributed by atoms with van der Waals surface area (Å²) in [5.74, 6) is -87.0. The molecule has 0 radical (unpaired) electrons. The first-order valence-electron chi connectivity index (χ1n) is 7.81. The third-order valence-electron chi connectivity index (χ3n) is 4.34.